The average Bonchev–Trinajstić information content (AvgIpc) is 3.19. The number of aromatic amines is 1. The third-order valence-electron chi connectivity index (χ3n) is 5.19. The number of rotatable bonds is 2. The van der Waals surface area contributed by atoms with Crippen LogP contribution in [-0.4, -0.2) is 53.9 Å². The van der Waals surface area contributed by atoms with Crippen molar-refractivity contribution in [3.63, 3.8) is 0 Å². The van der Waals surface area contributed by atoms with E-state index in [0.717, 1.165) is 39.5 Å². The second kappa shape index (κ2) is 6.10. The summed E-state index contributed by atoms with van der Waals surface area (Å²) in [5.74, 6) is -0.0714. The maximum absolute atomic E-state index is 13.0. The summed E-state index contributed by atoms with van der Waals surface area (Å²) in [6.07, 6.45) is 3.29. The van der Waals surface area contributed by atoms with Crippen LogP contribution in [0.2, 0.25) is 0 Å². The minimum Gasteiger partial charge on any atom is -0.357 e. The molecule has 1 aromatic heterocycles. The number of nitrogens with one attached hydrogen (secondary N) is 1. The van der Waals surface area contributed by atoms with Crippen LogP contribution in [0.1, 0.15) is 24.1 Å². The molecule has 1 aromatic carbocycles. The van der Waals surface area contributed by atoms with Crippen LogP contribution < -0.4 is 0 Å². The van der Waals surface area contributed by atoms with Gasteiger partial charge in [0.05, 0.1) is 11.8 Å². The lowest BCUT2D eigenvalue weighted by molar-refractivity contribution is -0.135. The molecule has 0 saturated carbocycles. The summed E-state index contributed by atoms with van der Waals surface area (Å²) in [7, 11) is -3.35. The highest BCUT2D eigenvalue weighted by Gasteiger charge is 2.39. The van der Waals surface area contributed by atoms with Gasteiger partial charge in [-0.3, -0.25) is 4.79 Å². The van der Waals surface area contributed by atoms with Gasteiger partial charge in [-0.2, -0.15) is 4.31 Å². The smallest absolute Gasteiger partial charge is 0.241 e. The molecule has 3 heterocycles. The minimum absolute atomic E-state index is 0.0714. The van der Waals surface area contributed by atoms with Gasteiger partial charge in [-0.25, -0.2) is 8.42 Å². The van der Waals surface area contributed by atoms with Crippen LogP contribution in [-0.2, 0) is 27.8 Å². The van der Waals surface area contributed by atoms with Crippen LogP contribution in [0.4, 0.5) is 0 Å². The lowest BCUT2D eigenvalue weighted by Gasteiger charge is -2.32. The van der Waals surface area contributed by atoms with Crippen molar-refractivity contribution in [1.82, 2.24) is 14.2 Å². The third-order valence-corrected chi connectivity index (χ3v) is 7.14. The Morgan fingerprint density at radius 1 is 1.32 bits per heavy atom. The number of sulfonamides is 1. The Morgan fingerprint density at radius 2 is 2.12 bits per heavy atom. The summed E-state index contributed by atoms with van der Waals surface area (Å²) in [5, 5.41) is 1.12. The molecule has 1 unspecified atom stereocenters. The Hall–Kier alpha value is -1.38. The largest absolute Gasteiger partial charge is 0.357 e. The zero-order valence-electron chi connectivity index (χ0n) is 14.0. The summed E-state index contributed by atoms with van der Waals surface area (Å²) in [6.45, 7) is 1.58. The van der Waals surface area contributed by atoms with Crippen molar-refractivity contribution < 1.29 is 13.2 Å². The topological polar surface area (TPSA) is 73.5 Å². The maximum atomic E-state index is 13.0. The first-order valence-electron chi connectivity index (χ1n) is 8.40. The van der Waals surface area contributed by atoms with Crippen LogP contribution in [0, 0.1) is 0 Å². The molecule has 1 amide bonds. The number of H-pyrrole nitrogens is 1. The number of fused-ring (bicyclic) bond motifs is 3. The SMILES string of the molecule is CS(=O)(=O)N1CCCC1C(=O)N1CCc2[nH]c3c(Br)cccc3c2C1. The van der Waals surface area contributed by atoms with Gasteiger partial charge in [0, 0.05) is 47.2 Å². The van der Waals surface area contributed by atoms with Gasteiger partial charge in [0.15, 0.2) is 0 Å². The van der Waals surface area contributed by atoms with Gasteiger partial charge in [-0.05, 0) is 34.8 Å². The molecule has 4 rings (SSSR count). The highest BCUT2D eigenvalue weighted by atomic mass is 79.9. The molecule has 6 nitrogen and oxygen atoms in total. The van der Waals surface area contributed by atoms with E-state index in [4.69, 9.17) is 0 Å². The van der Waals surface area contributed by atoms with E-state index >= 15 is 0 Å². The normalized spacial score (nSPS) is 21.7. The number of carbonyl (C=O) groups excluding carboxylic acids is 1. The molecular formula is C17H20BrN3O3S. The van der Waals surface area contributed by atoms with Crippen molar-refractivity contribution in [2.45, 2.75) is 31.8 Å². The number of carbonyl (C=O) groups is 1. The number of benzene rings is 1. The predicted octanol–water partition coefficient (Wildman–Crippen LogP) is 2.24. The molecule has 8 heteroatoms. The van der Waals surface area contributed by atoms with Crippen LogP contribution in [0.25, 0.3) is 10.9 Å². The predicted molar refractivity (Wildman–Crippen MR) is 99.7 cm³/mol. The first-order valence-corrected chi connectivity index (χ1v) is 11.0. The Kier molecular flexibility index (Phi) is 4.16. The van der Waals surface area contributed by atoms with Crippen LogP contribution in [0.3, 0.4) is 0 Å². The molecule has 2 aliphatic heterocycles. The second-order valence-electron chi connectivity index (χ2n) is 6.79. The summed E-state index contributed by atoms with van der Waals surface area (Å²) < 4.78 is 26.3. The zero-order valence-corrected chi connectivity index (χ0v) is 16.4. The Morgan fingerprint density at radius 3 is 2.88 bits per heavy atom. The van der Waals surface area contributed by atoms with Gasteiger partial charge >= 0.3 is 0 Å². The van der Waals surface area contributed by atoms with E-state index in [-0.39, 0.29) is 5.91 Å². The maximum Gasteiger partial charge on any atom is 0.241 e. The molecule has 0 radical (unpaired) electrons. The Bertz CT molecular complexity index is 953. The molecule has 2 aromatic rings. The van der Waals surface area contributed by atoms with Gasteiger partial charge in [0.2, 0.25) is 15.9 Å². The van der Waals surface area contributed by atoms with E-state index in [9.17, 15) is 13.2 Å². The van der Waals surface area contributed by atoms with Crippen molar-refractivity contribution >= 4 is 42.8 Å². The lowest BCUT2D eigenvalue weighted by Crippen LogP contribution is -2.48. The molecule has 0 spiro atoms. The standard InChI is InChI=1S/C17H20BrN3O3S/c1-25(23,24)21-8-3-6-15(21)17(22)20-9-7-14-12(10-20)11-4-2-5-13(18)16(11)19-14/h2,4-5,15,19H,3,6-10H2,1H3. The van der Waals surface area contributed by atoms with Crippen molar-refractivity contribution in [3.05, 3.63) is 33.9 Å². The second-order valence-corrected chi connectivity index (χ2v) is 9.58. The lowest BCUT2D eigenvalue weighted by atomic mass is 10.0. The van der Waals surface area contributed by atoms with Crippen LogP contribution in [0.15, 0.2) is 22.7 Å². The van der Waals surface area contributed by atoms with Crippen molar-refractivity contribution in [2.75, 3.05) is 19.3 Å². The van der Waals surface area contributed by atoms with E-state index in [1.54, 1.807) is 0 Å². The molecule has 1 saturated heterocycles. The fourth-order valence-electron chi connectivity index (χ4n) is 3.98. The Labute approximate surface area is 155 Å². The number of amides is 1. The molecular weight excluding hydrogens is 406 g/mol. The minimum atomic E-state index is -3.35. The van der Waals surface area contributed by atoms with E-state index < -0.39 is 16.1 Å². The number of hydrogen-bond acceptors (Lipinski definition) is 3. The third kappa shape index (κ3) is 2.90. The monoisotopic (exact) mass is 425 g/mol. The van der Waals surface area contributed by atoms with Gasteiger partial charge in [0.25, 0.3) is 0 Å². The molecule has 1 atom stereocenters. The van der Waals surface area contributed by atoms with E-state index in [1.807, 2.05) is 17.0 Å². The average molecular weight is 426 g/mol. The summed E-state index contributed by atoms with van der Waals surface area (Å²) in [4.78, 5) is 18.3. The zero-order chi connectivity index (χ0) is 17.8. The van der Waals surface area contributed by atoms with Crippen molar-refractivity contribution in [3.8, 4) is 0 Å². The molecule has 25 heavy (non-hydrogen) atoms. The fraction of sp³-hybridized carbons (Fsp3) is 0.471. The van der Waals surface area contributed by atoms with Crippen LogP contribution >= 0.6 is 15.9 Å². The molecule has 0 bridgehead atoms. The van der Waals surface area contributed by atoms with E-state index in [2.05, 4.69) is 27.0 Å². The van der Waals surface area contributed by atoms with Crippen LogP contribution in [0.5, 0.6) is 0 Å². The summed E-state index contributed by atoms with van der Waals surface area (Å²) in [5.41, 5.74) is 3.36. The van der Waals surface area contributed by atoms with E-state index in [0.29, 0.717) is 26.1 Å². The highest BCUT2D eigenvalue weighted by Crippen LogP contribution is 2.33. The van der Waals surface area contributed by atoms with Gasteiger partial charge in [-0.15, -0.1) is 0 Å². The number of nitrogens with zero attached hydrogens (tertiary/aromatic N) is 2. The van der Waals surface area contributed by atoms with Gasteiger partial charge in [-0.1, -0.05) is 12.1 Å². The number of halogens is 1. The van der Waals surface area contributed by atoms with Crippen molar-refractivity contribution in [2.24, 2.45) is 0 Å². The quantitative estimate of drug-likeness (QED) is 0.801. The van der Waals surface area contributed by atoms with E-state index in [1.165, 1.54) is 10.6 Å². The molecule has 1 N–H and O–H groups in total. The number of hydrogen-bond donors (Lipinski definition) is 1. The number of para-hydroxylation sites is 1. The van der Waals surface area contributed by atoms with Crippen molar-refractivity contribution in [1.29, 1.82) is 0 Å². The summed E-state index contributed by atoms with van der Waals surface area (Å²) in [6, 6.07) is 5.50. The molecule has 0 aliphatic carbocycles. The first kappa shape index (κ1) is 17.1. The van der Waals surface area contributed by atoms with Gasteiger partial charge < -0.3 is 9.88 Å². The Balaban J connectivity index is 1.63. The molecule has 2 aliphatic rings. The van der Waals surface area contributed by atoms with Gasteiger partial charge in [0.1, 0.15) is 6.04 Å². The fourth-order valence-corrected chi connectivity index (χ4v) is 5.57. The number of aromatic nitrogens is 1. The molecule has 134 valence electrons. The first-order chi connectivity index (χ1) is 11.9. The summed E-state index contributed by atoms with van der Waals surface area (Å²) >= 11 is 3.57. The molecule has 1 fully saturated rings. The highest BCUT2D eigenvalue weighted by molar-refractivity contribution is 9.10.